The summed E-state index contributed by atoms with van der Waals surface area (Å²) in [6, 6.07) is 5.09. The minimum Gasteiger partial charge on any atom is -0.497 e. The number of alkyl halides is 1. The molecule has 0 N–H and O–H groups in total. The van der Waals surface area contributed by atoms with Crippen LogP contribution in [0.5, 0.6) is 5.75 Å². The fourth-order valence-electron chi connectivity index (χ4n) is 2.14. The highest BCUT2D eigenvalue weighted by atomic mass is 79.9. The van der Waals surface area contributed by atoms with Gasteiger partial charge in [0.25, 0.3) is 0 Å². The fourth-order valence-corrected chi connectivity index (χ4v) is 3.15. The molecule has 0 fully saturated rings. The van der Waals surface area contributed by atoms with Gasteiger partial charge in [-0.15, -0.1) is 0 Å². The monoisotopic (exact) mass is 316 g/mol. The van der Waals surface area contributed by atoms with Crippen molar-refractivity contribution in [3.8, 4) is 5.75 Å². The molecular weight excluding hydrogens is 295 g/mol. The third kappa shape index (κ3) is 3.98. The Labute approximate surface area is 118 Å². The summed E-state index contributed by atoms with van der Waals surface area (Å²) in [5, 5.41) is 0. The van der Waals surface area contributed by atoms with E-state index in [0.717, 1.165) is 18.4 Å². The molecule has 1 nitrogen and oxygen atoms in total. The lowest BCUT2D eigenvalue weighted by Gasteiger charge is -2.22. The summed E-state index contributed by atoms with van der Waals surface area (Å²) in [7, 11) is 1.55. The maximum atomic E-state index is 14.0. The Kier molecular flexibility index (Phi) is 6.69. The van der Waals surface area contributed by atoms with Crippen molar-refractivity contribution in [1.29, 1.82) is 0 Å². The smallest absolute Gasteiger partial charge is 0.131 e. The lowest BCUT2D eigenvalue weighted by Crippen LogP contribution is -2.08. The van der Waals surface area contributed by atoms with E-state index in [2.05, 4.69) is 29.8 Å². The SMILES string of the molecule is CCCCC(CC)C(Br)c1ccc(OC)cc1F. The van der Waals surface area contributed by atoms with Crippen LogP contribution >= 0.6 is 15.9 Å². The summed E-state index contributed by atoms with van der Waals surface area (Å²) < 4.78 is 19.0. The van der Waals surface area contributed by atoms with Gasteiger partial charge in [-0.05, 0) is 18.4 Å². The zero-order chi connectivity index (χ0) is 13.5. The van der Waals surface area contributed by atoms with Gasteiger partial charge in [-0.25, -0.2) is 4.39 Å². The van der Waals surface area contributed by atoms with Gasteiger partial charge in [0.15, 0.2) is 0 Å². The number of halogens is 2. The normalized spacial score (nSPS) is 14.3. The maximum Gasteiger partial charge on any atom is 0.131 e. The van der Waals surface area contributed by atoms with E-state index in [4.69, 9.17) is 4.74 Å². The zero-order valence-corrected chi connectivity index (χ0v) is 13.0. The van der Waals surface area contributed by atoms with E-state index < -0.39 is 0 Å². The number of hydrogen-bond acceptors (Lipinski definition) is 1. The van der Waals surface area contributed by atoms with Crippen molar-refractivity contribution in [3.05, 3.63) is 29.6 Å². The number of unbranched alkanes of at least 4 members (excludes halogenated alkanes) is 1. The van der Waals surface area contributed by atoms with E-state index >= 15 is 0 Å². The van der Waals surface area contributed by atoms with E-state index in [9.17, 15) is 4.39 Å². The van der Waals surface area contributed by atoms with Crippen LogP contribution < -0.4 is 4.74 Å². The van der Waals surface area contributed by atoms with Crippen molar-refractivity contribution < 1.29 is 9.13 Å². The molecule has 0 amide bonds. The number of rotatable bonds is 7. The predicted octanol–water partition coefficient (Wildman–Crippen LogP) is 5.49. The first-order chi connectivity index (χ1) is 8.63. The Morgan fingerprint density at radius 3 is 2.56 bits per heavy atom. The van der Waals surface area contributed by atoms with Gasteiger partial charge < -0.3 is 4.74 Å². The Hall–Kier alpha value is -0.570. The molecule has 0 aliphatic rings. The highest BCUT2D eigenvalue weighted by Crippen LogP contribution is 2.38. The molecule has 0 aromatic heterocycles. The van der Waals surface area contributed by atoms with Crippen molar-refractivity contribution in [2.75, 3.05) is 7.11 Å². The van der Waals surface area contributed by atoms with Gasteiger partial charge in [-0.1, -0.05) is 55.1 Å². The van der Waals surface area contributed by atoms with Crippen LogP contribution in [0.4, 0.5) is 4.39 Å². The van der Waals surface area contributed by atoms with Crippen molar-refractivity contribution in [2.45, 2.75) is 44.4 Å². The molecule has 0 spiro atoms. The van der Waals surface area contributed by atoms with Crippen LogP contribution in [0.2, 0.25) is 0 Å². The molecule has 1 aromatic carbocycles. The molecule has 0 saturated carbocycles. The first-order valence-electron chi connectivity index (χ1n) is 6.61. The Bertz CT molecular complexity index is 368. The Balaban J connectivity index is 2.83. The van der Waals surface area contributed by atoms with Gasteiger partial charge >= 0.3 is 0 Å². The summed E-state index contributed by atoms with van der Waals surface area (Å²) >= 11 is 3.66. The summed E-state index contributed by atoms with van der Waals surface area (Å²) in [4.78, 5) is 0.0833. The Morgan fingerprint density at radius 1 is 1.33 bits per heavy atom. The minimum atomic E-state index is -0.189. The van der Waals surface area contributed by atoms with Gasteiger partial charge in [0.2, 0.25) is 0 Å². The van der Waals surface area contributed by atoms with Gasteiger partial charge in [0.05, 0.1) is 7.11 Å². The van der Waals surface area contributed by atoms with Crippen LogP contribution in [0.15, 0.2) is 18.2 Å². The zero-order valence-electron chi connectivity index (χ0n) is 11.4. The third-order valence-corrected chi connectivity index (χ3v) is 4.61. The molecule has 1 rings (SSSR count). The fraction of sp³-hybridized carbons (Fsp3) is 0.600. The van der Waals surface area contributed by atoms with Crippen molar-refractivity contribution in [1.82, 2.24) is 0 Å². The van der Waals surface area contributed by atoms with Crippen LogP contribution in [0, 0.1) is 11.7 Å². The molecular formula is C15H22BrFO. The maximum absolute atomic E-state index is 14.0. The van der Waals surface area contributed by atoms with Gasteiger partial charge in [-0.2, -0.15) is 0 Å². The van der Waals surface area contributed by atoms with Crippen molar-refractivity contribution in [3.63, 3.8) is 0 Å². The van der Waals surface area contributed by atoms with Crippen LogP contribution in [0.1, 0.15) is 49.9 Å². The van der Waals surface area contributed by atoms with Gasteiger partial charge in [0, 0.05) is 16.5 Å². The first-order valence-corrected chi connectivity index (χ1v) is 7.53. The lowest BCUT2D eigenvalue weighted by molar-refractivity contribution is 0.407. The predicted molar refractivity (Wildman–Crippen MR) is 77.9 cm³/mol. The molecule has 0 bridgehead atoms. The van der Waals surface area contributed by atoms with Crippen LogP contribution in [-0.4, -0.2) is 7.11 Å². The van der Waals surface area contributed by atoms with Crippen molar-refractivity contribution >= 4 is 15.9 Å². The van der Waals surface area contributed by atoms with E-state index in [0.29, 0.717) is 11.7 Å². The molecule has 0 saturated heterocycles. The molecule has 0 aliphatic heterocycles. The molecule has 2 atom stereocenters. The first kappa shape index (κ1) is 15.5. The number of hydrogen-bond donors (Lipinski definition) is 0. The number of benzene rings is 1. The Morgan fingerprint density at radius 2 is 2.06 bits per heavy atom. The second kappa shape index (κ2) is 7.78. The second-order valence-corrected chi connectivity index (χ2v) is 5.59. The quantitative estimate of drug-likeness (QED) is 0.605. The molecule has 0 radical (unpaired) electrons. The highest BCUT2D eigenvalue weighted by Gasteiger charge is 2.21. The summed E-state index contributed by atoms with van der Waals surface area (Å²) in [6.07, 6.45) is 4.56. The van der Waals surface area contributed by atoms with Crippen molar-refractivity contribution in [2.24, 2.45) is 5.92 Å². The molecule has 18 heavy (non-hydrogen) atoms. The van der Waals surface area contributed by atoms with Crippen LogP contribution in [-0.2, 0) is 0 Å². The molecule has 1 aromatic rings. The molecule has 0 aliphatic carbocycles. The standard InChI is InChI=1S/C15H22BrFO/c1-4-6-7-11(5-2)15(16)13-9-8-12(18-3)10-14(13)17/h8-11,15H,4-7H2,1-3H3. The average molecular weight is 317 g/mol. The number of methoxy groups -OCH3 is 1. The summed E-state index contributed by atoms with van der Waals surface area (Å²) in [6.45, 7) is 4.35. The largest absolute Gasteiger partial charge is 0.497 e. The highest BCUT2D eigenvalue weighted by molar-refractivity contribution is 9.09. The average Bonchev–Trinajstić information content (AvgIpc) is 2.39. The van der Waals surface area contributed by atoms with E-state index in [-0.39, 0.29) is 10.6 Å². The van der Waals surface area contributed by atoms with E-state index in [1.54, 1.807) is 7.11 Å². The lowest BCUT2D eigenvalue weighted by atomic mass is 9.91. The van der Waals surface area contributed by atoms with Gasteiger partial charge in [-0.3, -0.25) is 0 Å². The van der Waals surface area contributed by atoms with E-state index in [1.807, 2.05) is 12.1 Å². The molecule has 102 valence electrons. The van der Waals surface area contributed by atoms with Gasteiger partial charge in [0.1, 0.15) is 11.6 Å². The molecule has 3 heteroatoms. The molecule has 0 heterocycles. The summed E-state index contributed by atoms with van der Waals surface area (Å²) in [5.41, 5.74) is 0.735. The second-order valence-electron chi connectivity index (χ2n) is 4.60. The van der Waals surface area contributed by atoms with Crippen LogP contribution in [0.3, 0.4) is 0 Å². The summed E-state index contributed by atoms with van der Waals surface area (Å²) in [5.74, 6) is 0.858. The number of ether oxygens (including phenoxy) is 1. The topological polar surface area (TPSA) is 9.23 Å². The molecule has 2 unspecified atom stereocenters. The van der Waals surface area contributed by atoms with Crippen LogP contribution in [0.25, 0.3) is 0 Å². The third-order valence-electron chi connectivity index (χ3n) is 3.37. The minimum absolute atomic E-state index is 0.0833. The van der Waals surface area contributed by atoms with E-state index in [1.165, 1.54) is 18.9 Å².